The summed E-state index contributed by atoms with van der Waals surface area (Å²) < 4.78 is 0. The van der Waals surface area contributed by atoms with Crippen LogP contribution in [0.5, 0.6) is 0 Å². The Labute approximate surface area is 155 Å². The van der Waals surface area contributed by atoms with Crippen molar-refractivity contribution < 1.29 is 9.59 Å². The van der Waals surface area contributed by atoms with E-state index in [-0.39, 0.29) is 24.8 Å². The molecule has 0 aliphatic heterocycles. The maximum Gasteiger partial charge on any atom is 0.226 e. The van der Waals surface area contributed by atoms with E-state index in [0.717, 1.165) is 0 Å². The molecule has 0 heterocycles. The Morgan fingerprint density at radius 1 is 1.16 bits per heavy atom. The summed E-state index contributed by atoms with van der Waals surface area (Å²) in [6, 6.07) is 13.4. The van der Waals surface area contributed by atoms with E-state index in [2.05, 4.69) is 5.32 Å². The van der Waals surface area contributed by atoms with Crippen molar-refractivity contribution in [3.05, 3.63) is 58.1 Å². The molecule has 5 nitrogen and oxygen atoms in total. The average Bonchev–Trinajstić information content (AvgIpc) is 2.58. The van der Waals surface area contributed by atoms with Crippen LogP contribution >= 0.6 is 23.2 Å². The van der Waals surface area contributed by atoms with Gasteiger partial charge >= 0.3 is 0 Å². The minimum absolute atomic E-state index is 0.0958. The van der Waals surface area contributed by atoms with Gasteiger partial charge in [-0.1, -0.05) is 23.2 Å². The van der Waals surface area contributed by atoms with Gasteiger partial charge in [-0.2, -0.15) is 5.26 Å². The molecule has 0 aliphatic rings. The van der Waals surface area contributed by atoms with Gasteiger partial charge in [0.25, 0.3) is 0 Å². The monoisotopic (exact) mass is 375 g/mol. The predicted molar refractivity (Wildman–Crippen MR) is 98.9 cm³/mol. The third-order valence-electron chi connectivity index (χ3n) is 3.46. The van der Waals surface area contributed by atoms with Crippen molar-refractivity contribution in [3.8, 4) is 6.07 Å². The van der Waals surface area contributed by atoms with Crippen LogP contribution in [0.1, 0.15) is 18.9 Å². The first-order valence-corrected chi connectivity index (χ1v) is 8.19. The fourth-order valence-electron chi connectivity index (χ4n) is 2.20. The van der Waals surface area contributed by atoms with Crippen LogP contribution in [0, 0.1) is 11.3 Å². The molecule has 2 aromatic carbocycles. The smallest absolute Gasteiger partial charge is 0.226 e. The lowest BCUT2D eigenvalue weighted by Crippen LogP contribution is -2.31. The number of hydrogen-bond donors (Lipinski definition) is 1. The zero-order valence-corrected chi connectivity index (χ0v) is 14.9. The second-order valence-electron chi connectivity index (χ2n) is 5.25. The molecule has 25 heavy (non-hydrogen) atoms. The zero-order valence-electron chi connectivity index (χ0n) is 13.4. The van der Waals surface area contributed by atoms with Crippen molar-refractivity contribution in [1.29, 1.82) is 5.26 Å². The lowest BCUT2D eigenvalue weighted by atomic mass is 10.2. The van der Waals surface area contributed by atoms with Gasteiger partial charge in [0, 0.05) is 30.6 Å². The van der Waals surface area contributed by atoms with E-state index < -0.39 is 0 Å². The first-order valence-electron chi connectivity index (χ1n) is 7.44. The average molecular weight is 376 g/mol. The minimum atomic E-state index is -0.274. The summed E-state index contributed by atoms with van der Waals surface area (Å²) in [5, 5.41) is 12.3. The Morgan fingerprint density at radius 3 is 2.40 bits per heavy atom. The maximum atomic E-state index is 12.1. The van der Waals surface area contributed by atoms with Gasteiger partial charge in [-0.3, -0.25) is 9.59 Å². The number of hydrogen-bond acceptors (Lipinski definition) is 3. The minimum Gasteiger partial charge on any atom is -0.325 e. The summed E-state index contributed by atoms with van der Waals surface area (Å²) >= 11 is 11.8. The molecule has 7 heteroatoms. The highest BCUT2D eigenvalue weighted by atomic mass is 35.5. The van der Waals surface area contributed by atoms with Crippen LogP contribution in [0.25, 0.3) is 0 Å². The second-order valence-corrected chi connectivity index (χ2v) is 6.10. The first kappa shape index (κ1) is 18.8. The van der Waals surface area contributed by atoms with Gasteiger partial charge in [-0.25, -0.2) is 0 Å². The summed E-state index contributed by atoms with van der Waals surface area (Å²) in [5.74, 6) is -0.467. The van der Waals surface area contributed by atoms with E-state index in [9.17, 15) is 9.59 Å². The van der Waals surface area contributed by atoms with E-state index >= 15 is 0 Å². The molecular formula is C18H15Cl2N3O2. The first-order chi connectivity index (χ1) is 11.9. The molecule has 0 saturated heterocycles. The molecule has 0 radical (unpaired) electrons. The van der Waals surface area contributed by atoms with Crippen LogP contribution < -0.4 is 10.2 Å². The summed E-state index contributed by atoms with van der Waals surface area (Å²) in [6.07, 6.45) is 0.0958. The number of carbonyl (C=O) groups is 2. The molecule has 0 aliphatic carbocycles. The van der Waals surface area contributed by atoms with Crippen LogP contribution in [-0.4, -0.2) is 18.4 Å². The van der Waals surface area contributed by atoms with Crippen LogP contribution in [0.2, 0.25) is 10.0 Å². The normalized spacial score (nSPS) is 10.0. The molecule has 0 saturated carbocycles. The van der Waals surface area contributed by atoms with Gasteiger partial charge in [0.1, 0.15) is 0 Å². The molecule has 0 bridgehead atoms. The highest BCUT2D eigenvalue weighted by Crippen LogP contribution is 2.25. The van der Waals surface area contributed by atoms with Gasteiger partial charge in [0.05, 0.1) is 22.3 Å². The molecule has 0 atom stereocenters. The molecule has 0 aromatic heterocycles. The number of nitrogens with one attached hydrogen (secondary N) is 1. The number of nitriles is 1. The van der Waals surface area contributed by atoms with Crippen molar-refractivity contribution in [1.82, 2.24) is 0 Å². The zero-order chi connectivity index (χ0) is 18.4. The van der Waals surface area contributed by atoms with Crippen molar-refractivity contribution in [2.24, 2.45) is 0 Å². The maximum absolute atomic E-state index is 12.1. The van der Waals surface area contributed by atoms with E-state index in [1.807, 2.05) is 6.07 Å². The SMILES string of the molecule is CC(=O)N(CCC(=O)Nc1ccc(Cl)cc1Cl)c1ccc(C#N)cc1. The summed E-state index contributed by atoms with van der Waals surface area (Å²) in [4.78, 5) is 25.5. The fourth-order valence-corrected chi connectivity index (χ4v) is 2.66. The van der Waals surface area contributed by atoms with Crippen molar-refractivity contribution in [2.45, 2.75) is 13.3 Å². The van der Waals surface area contributed by atoms with Gasteiger partial charge < -0.3 is 10.2 Å². The number of carbonyl (C=O) groups excluding carboxylic acids is 2. The van der Waals surface area contributed by atoms with Crippen LogP contribution in [0.3, 0.4) is 0 Å². The molecule has 2 aromatic rings. The number of halogens is 2. The molecule has 2 rings (SSSR count). The van der Waals surface area contributed by atoms with E-state index in [1.165, 1.54) is 17.9 Å². The predicted octanol–water partition coefficient (Wildman–Crippen LogP) is 4.25. The highest BCUT2D eigenvalue weighted by Gasteiger charge is 2.14. The van der Waals surface area contributed by atoms with Gasteiger partial charge in [0.2, 0.25) is 11.8 Å². The topological polar surface area (TPSA) is 73.2 Å². The quantitative estimate of drug-likeness (QED) is 0.848. The number of rotatable bonds is 5. The third kappa shape index (κ3) is 5.21. The summed E-state index contributed by atoms with van der Waals surface area (Å²) in [6.45, 7) is 1.63. The number of amides is 2. The Kier molecular flexibility index (Phi) is 6.40. The van der Waals surface area contributed by atoms with Crippen LogP contribution in [0.15, 0.2) is 42.5 Å². The van der Waals surface area contributed by atoms with Crippen LogP contribution in [0.4, 0.5) is 11.4 Å². The molecule has 0 fully saturated rings. The summed E-state index contributed by atoms with van der Waals surface area (Å²) in [5.41, 5.74) is 1.59. The Morgan fingerprint density at radius 2 is 1.84 bits per heavy atom. The molecule has 0 spiro atoms. The molecule has 0 unspecified atom stereocenters. The Balaban J connectivity index is 2.01. The largest absolute Gasteiger partial charge is 0.325 e. The van der Waals surface area contributed by atoms with Gasteiger partial charge in [0.15, 0.2) is 0 Å². The van der Waals surface area contributed by atoms with Gasteiger partial charge in [-0.15, -0.1) is 0 Å². The Hall–Kier alpha value is -2.55. The van der Waals surface area contributed by atoms with E-state index in [1.54, 1.807) is 36.4 Å². The number of anilines is 2. The third-order valence-corrected chi connectivity index (χ3v) is 4.00. The van der Waals surface area contributed by atoms with Crippen molar-refractivity contribution in [2.75, 3.05) is 16.8 Å². The Bertz CT molecular complexity index is 829. The second kappa shape index (κ2) is 8.52. The molecule has 1 N–H and O–H groups in total. The van der Waals surface area contributed by atoms with E-state index in [0.29, 0.717) is 27.0 Å². The van der Waals surface area contributed by atoms with Gasteiger partial charge in [-0.05, 0) is 42.5 Å². The molecule has 128 valence electrons. The summed E-state index contributed by atoms with van der Waals surface area (Å²) in [7, 11) is 0. The number of benzene rings is 2. The van der Waals surface area contributed by atoms with Crippen molar-refractivity contribution in [3.63, 3.8) is 0 Å². The highest BCUT2D eigenvalue weighted by molar-refractivity contribution is 6.36. The fraction of sp³-hybridized carbons (Fsp3) is 0.167. The van der Waals surface area contributed by atoms with E-state index in [4.69, 9.17) is 28.5 Å². The lowest BCUT2D eigenvalue weighted by Gasteiger charge is -2.21. The number of nitrogens with zero attached hydrogens (tertiary/aromatic N) is 2. The van der Waals surface area contributed by atoms with Crippen molar-refractivity contribution >= 4 is 46.4 Å². The lowest BCUT2D eigenvalue weighted by molar-refractivity contribution is -0.117. The molecule has 2 amide bonds. The van der Waals surface area contributed by atoms with Crippen LogP contribution in [-0.2, 0) is 9.59 Å². The standard InChI is InChI=1S/C18H15Cl2N3O2/c1-12(24)23(15-5-2-13(11-21)3-6-15)9-8-18(25)22-17-7-4-14(19)10-16(17)20/h2-7,10H,8-9H2,1H3,(H,22,25). The molecular weight excluding hydrogens is 361 g/mol.